The van der Waals surface area contributed by atoms with Crippen LogP contribution in [0.25, 0.3) is 0 Å². The topological polar surface area (TPSA) is 98.3 Å². The minimum Gasteiger partial charge on any atom is -0.398 e. The van der Waals surface area contributed by atoms with Crippen molar-refractivity contribution >= 4 is 27.9 Å². The van der Waals surface area contributed by atoms with Gasteiger partial charge in [-0.2, -0.15) is 0 Å². The van der Waals surface area contributed by atoms with Crippen molar-refractivity contribution < 1.29 is 9.13 Å². The number of non-ortho nitro benzene ring substituents is 1. The Morgan fingerprint density at radius 3 is 2.76 bits per heavy atom. The fraction of sp³-hybridized carbons (Fsp3) is 0.400. The number of nitro benzene ring substituents is 1. The van der Waals surface area contributed by atoms with Crippen LogP contribution in [0.15, 0.2) is 18.2 Å². The van der Waals surface area contributed by atoms with E-state index in [1.807, 2.05) is 0 Å². The molecule has 1 aromatic carbocycles. The predicted molar refractivity (Wildman–Crippen MR) is 69.5 cm³/mol. The van der Waals surface area contributed by atoms with Crippen LogP contribution in [0.3, 0.4) is 0 Å². The van der Waals surface area contributed by atoms with Crippen molar-refractivity contribution in [1.29, 1.82) is 0 Å². The molecule has 0 aromatic heterocycles. The van der Waals surface area contributed by atoms with Crippen LogP contribution in [0.1, 0.15) is 6.42 Å². The molecule has 7 heteroatoms. The molecule has 1 rings (SSSR count). The van der Waals surface area contributed by atoms with Gasteiger partial charge in [-0.15, -0.1) is 0 Å². The Hall–Kier alpha value is -1.63. The van der Waals surface area contributed by atoms with Gasteiger partial charge in [0.05, 0.1) is 4.92 Å². The first kappa shape index (κ1) is 13.4. The highest BCUT2D eigenvalue weighted by Crippen LogP contribution is 2.22. The first-order valence-electron chi connectivity index (χ1n) is 5.08. The summed E-state index contributed by atoms with van der Waals surface area (Å²) < 4.78 is 10.8. The molecule has 17 heavy (non-hydrogen) atoms. The molecule has 0 amide bonds. The van der Waals surface area contributed by atoms with Gasteiger partial charge in [-0.3, -0.25) is 14.3 Å². The Balaban J connectivity index is 2.59. The Labute approximate surface area is 102 Å². The van der Waals surface area contributed by atoms with Crippen molar-refractivity contribution in [2.24, 2.45) is 0 Å². The highest BCUT2D eigenvalue weighted by molar-refractivity contribution is 7.84. The van der Waals surface area contributed by atoms with E-state index in [0.717, 1.165) is 6.42 Å². The lowest BCUT2D eigenvalue weighted by molar-refractivity contribution is -0.384. The number of nitrogens with two attached hydrogens (primary N) is 1. The number of nitrogens with one attached hydrogen (secondary N) is 1. The molecule has 0 saturated heterocycles. The maximum Gasteiger partial charge on any atom is 0.273 e. The number of rotatable bonds is 6. The molecule has 1 atom stereocenters. The second-order valence-electron chi connectivity index (χ2n) is 3.63. The van der Waals surface area contributed by atoms with Gasteiger partial charge >= 0.3 is 0 Å². The van der Waals surface area contributed by atoms with Gasteiger partial charge in [-0.1, -0.05) is 0 Å². The minimum absolute atomic E-state index is 0.0356. The van der Waals surface area contributed by atoms with Crippen LogP contribution in [0.5, 0.6) is 0 Å². The van der Waals surface area contributed by atoms with Crippen molar-refractivity contribution in [3.63, 3.8) is 0 Å². The summed E-state index contributed by atoms with van der Waals surface area (Å²) in [6.45, 7) is 0.611. The van der Waals surface area contributed by atoms with E-state index >= 15 is 0 Å². The highest BCUT2D eigenvalue weighted by atomic mass is 32.2. The molecule has 0 aliphatic rings. The van der Waals surface area contributed by atoms with E-state index in [4.69, 9.17) is 5.73 Å². The summed E-state index contributed by atoms with van der Waals surface area (Å²) in [4.78, 5) is 10.1. The number of nitrogen functional groups attached to an aromatic ring is 1. The van der Waals surface area contributed by atoms with E-state index in [1.165, 1.54) is 12.1 Å². The first-order chi connectivity index (χ1) is 7.99. The molecule has 0 saturated carbocycles. The second kappa shape index (κ2) is 6.19. The van der Waals surface area contributed by atoms with E-state index < -0.39 is 15.7 Å². The summed E-state index contributed by atoms with van der Waals surface area (Å²) in [5, 5.41) is 13.6. The summed E-state index contributed by atoms with van der Waals surface area (Å²) >= 11 is 0. The van der Waals surface area contributed by atoms with Crippen LogP contribution in [-0.4, -0.2) is 27.7 Å². The lowest BCUT2D eigenvalue weighted by Gasteiger charge is -2.06. The van der Waals surface area contributed by atoms with Crippen LogP contribution in [0.2, 0.25) is 0 Å². The minimum atomic E-state index is -0.812. The lowest BCUT2D eigenvalue weighted by Crippen LogP contribution is -2.06. The van der Waals surface area contributed by atoms with Crippen LogP contribution >= 0.6 is 0 Å². The normalized spacial score (nSPS) is 12.1. The molecule has 3 N–H and O–H groups in total. The molecule has 6 nitrogen and oxygen atoms in total. The van der Waals surface area contributed by atoms with Crippen LogP contribution in [0, 0.1) is 10.1 Å². The largest absolute Gasteiger partial charge is 0.398 e. The number of hydrogen-bond acceptors (Lipinski definition) is 5. The summed E-state index contributed by atoms with van der Waals surface area (Å²) in [6, 6.07) is 4.38. The molecule has 0 fully saturated rings. The number of benzene rings is 1. The molecule has 0 aliphatic carbocycles. The third-order valence-corrected chi connectivity index (χ3v) is 2.95. The van der Waals surface area contributed by atoms with Crippen molar-refractivity contribution in [3.05, 3.63) is 28.3 Å². The molecule has 0 heterocycles. The van der Waals surface area contributed by atoms with Crippen molar-refractivity contribution in [2.45, 2.75) is 6.42 Å². The van der Waals surface area contributed by atoms with E-state index in [-0.39, 0.29) is 5.69 Å². The first-order valence-corrected chi connectivity index (χ1v) is 6.80. The third-order valence-electron chi connectivity index (χ3n) is 2.09. The highest BCUT2D eigenvalue weighted by Gasteiger charge is 2.07. The zero-order chi connectivity index (χ0) is 12.8. The fourth-order valence-corrected chi connectivity index (χ4v) is 1.90. The van der Waals surface area contributed by atoms with Gasteiger partial charge in [0, 0.05) is 52.9 Å². The Kier molecular flexibility index (Phi) is 4.89. The zero-order valence-electron chi connectivity index (χ0n) is 9.51. The molecule has 1 aromatic rings. The van der Waals surface area contributed by atoms with Gasteiger partial charge in [-0.05, 0) is 12.5 Å². The maximum atomic E-state index is 10.8. The Morgan fingerprint density at radius 2 is 2.18 bits per heavy atom. The molecule has 0 aliphatic heterocycles. The van der Waals surface area contributed by atoms with Gasteiger partial charge < -0.3 is 11.1 Å². The van der Waals surface area contributed by atoms with Crippen LogP contribution < -0.4 is 11.1 Å². The van der Waals surface area contributed by atoms with Gasteiger partial charge in [0.15, 0.2) is 0 Å². The third kappa shape index (κ3) is 4.81. The van der Waals surface area contributed by atoms with Gasteiger partial charge in [-0.25, -0.2) is 0 Å². The maximum absolute atomic E-state index is 10.8. The SMILES string of the molecule is CS(=O)CCCNc1cc(N)cc([N+](=O)[O-])c1. The Morgan fingerprint density at radius 1 is 1.47 bits per heavy atom. The standard InChI is InChI=1S/C10H15N3O3S/c1-17(16)4-2-3-12-9-5-8(11)6-10(7-9)13(14)15/h5-7,12H,2-4,11H2,1H3. The average Bonchev–Trinajstić information content (AvgIpc) is 2.23. The molecule has 0 spiro atoms. The smallest absolute Gasteiger partial charge is 0.273 e. The monoisotopic (exact) mass is 257 g/mol. The molecule has 0 bridgehead atoms. The van der Waals surface area contributed by atoms with E-state index in [0.29, 0.717) is 23.7 Å². The summed E-state index contributed by atoms with van der Waals surface area (Å²) in [5.41, 5.74) is 6.48. The number of anilines is 2. The van der Waals surface area contributed by atoms with Crippen molar-refractivity contribution in [2.75, 3.05) is 29.6 Å². The van der Waals surface area contributed by atoms with E-state index in [2.05, 4.69) is 5.32 Å². The second-order valence-corrected chi connectivity index (χ2v) is 5.18. The molecule has 1 unspecified atom stereocenters. The van der Waals surface area contributed by atoms with E-state index in [9.17, 15) is 14.3 Å². The van der Waals surface area contributed by atoms with Crippen molar-refractivity contribution in [1.82, 2.24) is 0 Å². The van der Waals surface area contributed by atoms with E-state index in [1.54, 1.807) is 12.3 Å². The van der Waals surface area contributed by atoms with Gasteiger partial charge in [0.2, 0.25) is 0 Å². The predicted octanol–water partition coefficient (Wildman–Crippen LogP) is 1.36. The van der Waals surface area contributed by atoms with Gasteiger partial charge in [0.1, 0.15) is 0 Å². The van der Waals surface area contributed by atoms with Crippen molar-refractivity contribution in [3.8, 4) is 0 Å². The number of nitrogens with zero attached hydrogens (tertiary/aromatic N) is 1. The zero-order valence-corrected chi connectivity index (χ0v) is 10.3. The lowest BCUT2D eigenvalue weighted by atomic mass is 10.2. The molecular formula is C10H15N3O3S. The molecular weight excluding hydrogens is 242 g/mol. The Bertz CT molecular complexity index is 437. The number of hydrogen-bond donors (Lipinski definition) is 2. The summed E-state index contributed by atoms with van der Waals surface area (Å²) in [6.07, 6.45) is 2.39. The molecule has 94 valence electrons. The average molecular weight is 257 g/mol. The number of nitro groups is 1. The van der Waals surface area contributed by atoms with Gasteiger partial charge in [0.25, 0.3) is 5.69 Å². The fourth-order valence-electron chi connectivity index (χ4n) is 1.35. The summed E-state index contributed by atoms with van der Waals surface area (Å²) in [5.74, 6) is 0.609. The van der Waals surface area contributed by atoms with Crippen LogP contribution in [-0.2, 0) is 10.8 Å². The summed E-state index contributed by atoms with van der Waals surface area (Å²) in [7, 11) is -0.812. The van der Waals surface area contributed by atoms with Crippen LogP contribution in [0.4, 0.5) is 17.1 Å². The molecule has 0 radical (unpaired) electrons. The quantitative estimate of drug-likeness (QED) is 0.347.